The van der Waals surface area contributed by atoms with Crippen LogP contribution in [-0.4, -0.2) is 36.1 Å². The maximum atomic E-state index is 11.5. The molecule has 1 aliphatic heterocycles. The van der Waals surface area contributed by atoms with Crippen LogP contribution in [0.25, 0.3) is 0 Å². The van der Waals surface area contributed by atoms with E-state index in [-0.39, 0.29) is 43.0 Å². The van der Waals surface area contributed by atoms with Gasteiger partial charge >= 0.3 is 5.97 Å². The molecule has 0 aromatic rings. The number of amides is 2. The molecule has 0 aromatic carbocycles. The number of nitrogens with one attached hydrogen (secondary N) is 2. The fraction of sp³-hybridized carbons (Fsp3) is 0.667. The monoisotopic (exact) mass is 269 g/mol. The first-order chi connectivity index (χ1) is 8.90. The Kier molecular flexibility index (Phi) is 5.47. The zero-order valence-electron chi connectivity index (χ0n) is 11.4. The van der Waals surface area contributed by atoms with Crippen molar-refractivity contribution in [3.05, 3.63) is 0 Å². The van der Waals surface area contributed by atoms with E-state index in [4.69, 9.17) is 4.74 Å². The Morgan fingerprint density at radius 1 is 1.37 bits per heavy atom. The highest BCUT2D eigenvalue weighted by molar-refractivity contribution is 6.37. The molecule has 1 rings (SSSR count). The molecule has 0 aromatic heterocycles. The van der Waals surface area contributed by atoms with Gasteiger partial charge in [-0.25, -0.2) is 10.2 Å². The van der Waals surface area contributed by atoms with Crippen molar-refractivity contribution in [1.82, 2.24) is 10.7 Å². The maximum Gasteiger partial charge on any atom is 0.355 e. The van der Waals surface area contributed by atoms with Crippen LogP contribution >= 0.6 is 0 Å². The number of esters is 1. The summed E-state index contributed by atoms with van der Waals surface area (Å²) in [6, 6.07) is 0.0116. The Morgan fingerprint density at radius 2 is 2.05 bits per heavy atom. The second-order valence-corrected chi connectivity index (χ2v) is 4.77. The summed E-state index contributed by atoms with van der Waals surface area (Å²) in [7, 11) is 0. The molecule has 1 aliphatic rings. The Labute approximate surface area is 111 Å². The SMILES string of the molecule is CC(C)[C@H](C)NC(=O)COC(=O)C1=NNC(=O)CC1. The average Bonchev–Trinajstić information content (AvgIpc) is 2.36. The Bertz CT molecular complexity index is 404. The van der Waals surface area contributed by atoms with Gasteiger partial charge in [-0.15, -0.1) is 0 Å². The van der Waals surface area contributed by atoms with Gasteiger partial charge in [0, 0.05) is 18.9 Å². The smallest absolute Gasteiger partial charge is 0.355 e. The Morgan fingerprint density at radius 3 is 2.58 bits per heavy atom. The maximum absolute atomic E-state index is 11.5. The number of rotatable bonds is 5. The van der Waals surface area contributed by atoms with Gasteiger partial charge in [0.25, 0.3) is 5.91 Å². The minimum absolute atomic E-state index is 0.0116. The first-order valence-electron chi connectivity index (χ1n) is 6.22. The first-order valence-corrected chi connectivity index (χ1v) is 6.22. The number of hydrazone groups is 1. The molecule has 2 N–H and O–H groups in total. The highest BCUT2D eigenvalue weighted by Gasteiger charge is 2.20. The molecule has 19 heavy (non-hydrogen) atoms. The predicted octanol–water partition coefficient (Wildman–Crippen LogP) is -0.0437. The molecule has 0 spiro atoms. The number of carbonyl (C=O) groups excluding carboxylic acids is 3. The summed E-state index contributed by atoms with van der Waals surface area (Å²) in [6.45, 7) is 5.50. The van der Waals surface area contributed by atoms with Crippen LogP contribution in [-0.2, 0) is 19.1 Å². The molecule has 7 nitrogen and oxygen atoms in total. The fourth-order valence-electron chi connectivity index (χ4n) is 1.30. The van der Waals surface area contributed by atoms with Crippen molar-refractivity contribution in [2.24, 2.45) is 11.0 Å². The second-order valence-electron chi connectivity index (χ2n) is 4.77. The number of nitrogens with zero attached hydrogens (tertiary/aromatic N) is 1. The lowest BCUT2D eigenvalue weighted by molar-refractivity contribution is -0.142. The highest BCUT2D eigenvalue weighted by Crippen LogP contribution is 2.02. The summed E-state index contributed by atoms with van der Waals surface area (Å²) < 4.78 is 4.83. The van der Waals surface area contributed by atoms with E-state index in [1.54, 1.807) is 0 Å². The zero-order chi connectivity index (χ0) is 14.4. The quantitative estimate of drug-likeness (QED) is 0.684. The van der Waals surface area contributed by atoms with Crippen LogP contribution in [0.3, 0.4) is 0 Å². The van der Waals surface area contributed by atoms with E-state index in [0.717, 1.165) is 0 Å². The Balaban J connectivity index is 2.34. The van der Waals surface area contributed by atoms with Gasteiger partial charge in [0.1, 0.15) is 5.71 Å². The van der Waals surface area contributed by atoms with Crippen LogP contribution in [0.4, 0.5) is 0 Å². The molecule has 0 fully saturated rings. The summed E-state index contributed by atoms with van der Waals surface area (Å²) in [5.74, 6) is -0.958. The topological polar surface area (TPSA) is 96.9 Å². The number of hydrogen-bond acceptors (Lipinski definition) is 5. The summed E-state index contributed by atoms with van der Waals surface area (Å²) in [4.78, 5) is 33.9. The van der Waals surface area contributed by atoms with Crippen LogP contribution < -0.4 is 10.7 Å². The number of hydrogen-bond donors (Lipinski definition) is 2. The molecule has 2 amide bonds. The van der Waals surface area contributed by atoms with Crippen molar-refractivity contribution in [3.63, 3.8) is 0 Å². The third-order valence-corrected chi connectivity index (χ3v) is 2.86. The van der Waals surface area contributed by atoms with E-state index in [2.05, 4.69) is 15.8 Å². The molecule has 0 saturated carbocycles. The van der Waals surface area contributed by atoms with E-state index in [1.807, 2.05) is 20.8 Å². The lowest BCUT2D eigenvalue weighted by atomic mass is 10.1. The van der Waals surface area contributed by atoms with E-state index in [9.17, 15) is 14.4 Å². The van der Waals surface area contributed by atoms with Crippen molar-refractivity contribution in [3.8, 4) is 0 Å². The minimum atomic E-state index is -0.674. The summed E-state index contributed by atoms with van der Waals surface area (Å²) in [6.07, 6.45) is 0.430. The van der Waals surface area contributed by atoms with E-state index in [0.29, 0.717) is 5.92 Å². The predicted molar refractivity (Wildman–Crippen MR) is 68.2 cm³/mol. The van der Waals surface area contributed by atoms with Gasteiger partial charge in [0.05, 0.1) is 0 Å². The van der Waals surface area contributed by atoms with Crippen LogP contribution in [0.1, 0.15) is 33.6 Å². The van der Waals surface area contributed by atoms with E-state index >= 15 is 0 Å². The standard InChI is InChI=1S/C12H19N3O4/c1-7(2)8(3)13-11(17)6-19-12(18)9-4-5-10(16)15-14-9/h7-8H,4-6H2,1-3H3,(H,13,17)(H,15,16)/t8-/m0/s1. The number of ether oxygens (including phenoxy) is 1. The summed E-state index contributed by atoms with van der Waals surface area (Å²) in [5, 5.41) is 6.31. The molecular formula is C12H19N3O4. The van der Waals surface area contributed by atoms with Crippen LogP contribution in [0.2, 0.25) is 0 Å². The van der Waals surface area contributed by atoms with Crippen LogP contribution in [0.5, 0.6) is 0 Å². The van der Waals surface area contributed by atoms with Gasteiger partial charge in [0.15, 0.2) is 6.61 Å². The van der Waals surface area contributed by atoms with Crippen LogP contribution in [0, 0.1) is 5.92 Å². The van der Waals surface area contributed by atoms with E-state index in [1.165, 1.54) is 0 Å². The van der Waals surface area contributed by atoms with Crippen molar-refractivity contribution >= 4 is 23.5 Å². The molecular weight excluding hydrogens is 250 g/mol. The van der Waals surface area contributed by atoms with Crippen molar-refractivity contribution in [2.75, 3.05) is 6.61 Å². The summed E-state index contributed by atoms with van der Waals surface area (Å²) >= 11 is 0. The first kappa shape index (κ1) is 15.1. The molecule has 0 unspecified atom stereocenters. The Hall–Kier alpha value is -1.92. The molecule has 7 heteroatoms. The van der Waals surface area contributed by atoms with Gasteiger partial charge in [-0.1, -0.05) is 13.8 Å². The normalized spacial score (nSPS) is 16.4. The van der Waals surface area contributed by atoms with Crippen molar-refractivity contribution in [2.45, 2.75) is 39.7 Å². The lowest BCUT2D eigenvalue weighted by Gasteiger charge is -2.17. The van der Waals surface area contributed by atoms with Crippen molar-refractivity contribution in [1.29, 1.82) is 0 Å². The molecule has 0 bridgehead atoms. The molecule has 1 atom stereocenters. The molecule has 0 radical (unpaired) electrons. The molecule has 0 saturated heterocycles. The van der Waals surface area contributed by atoms with Gasteiger partial charge in [-0.3, -0.25) is 9.59 Å². The van der Waals surface area contributed by atoms with Gasteiger partial charge in [0.2, 0.25) is 5.91 Å². The van der Waals surface area contributed by atoms with Crippen LogP contribution in [0.15, 0.2) is 5.10 Å². The van der Waals surface area contributed by atoms with Gasteiger partial charge < -0.3 is 10.1 Å². The fourth-order valence-corrected chi connectivity index (χ4v) is 1.30. The van der Waals surface area contributed by atoms with E-state index < -0.39 is 5.97 Å². The molecule has 106 valence electrons. The lowest BCUT2D eigenvalue weighted by Crippen LogP contribution is -2.39. The third kappa shape index (κ3) is 5.07. The summed E-state index contributed by atoms with van der Waals surface area (Å²) in [5.41, 5.74) is 2.32. The molecule has 1 heterocycles. The van der Waals surface area contributed by atoms with Crippen molar-refractivity contribution < 1.29 is 19.1 Å². The minimum Gasteiger partial charge on any atom is -0.451 e. The molecule has 0 aliphatic carbocycles. The third-order valence-electron chi connectivity index (χ3n) is 2.86. The van der Waals surface area contributed by atoms with Gasteiger partial charge in [-0.05, 0) is 12.8 Å². The zero-order valence-corrected chi connectivity index (χ0v) is 11.4. The second kappa shape index (κ2) is 6.86. The van der Waals surface area contributed by atoms with Gasteiger partial charge in [-0.2, -0.15) is 5.10 Å². The average molecular weight is 269 g/mol. The highest BCUT2D eigenvalue weighted by atomic mass is 16.5. The number of carbonyl (C=O) groups is 3. The largest absolute Gasteiger partial charge is 0.451 e.